The molecular weight excluding hydrogens is 244 g/mol. The lowest BCUT2D eigenvalue weighted by molar-refractivity contribution is -0.157. The van der Waals surface area contributed by atoms with E-state index in [1.54, 1.807) is 4.90 Å². The van der Waals surface area contributed by atoms with Gasteiger partial charge in [-0.1, -0.05) is 24.3 Å². The van der Waals surface area contributed by atoms with E-state index in [9.17, 15) is 9.59 Å². The maximum atomic E-state index is 12.1. The van der Waals surface area contributed by atoms with Crippen molar-refractivity contribution < 1.29 is 14.3 Å². The molecule has 2 heterocycles. The van der Waals surface area contributed by atoms with Crippen molar-refractivity contribution in [3.8, 4) is 0 Å². The summed E-state index contributed by atoms with van der Waals surface area (Å²) < 4.78 is 4.85. The third-order valence-electron chi connectivity index (χ3n) is 3.87. The van der Waals surface area contributed by atoms with Gasteiger partial charge in [0.25, 0.3) is 0 Å². The molecule has 0 unspecified atom stereocenters. The lowest BCUT2D eigenvalue weighted by Gasteiger charge is -2.44. The number of ether oxygens (including phenoxy) is 1. The van der Waals surface area contributed by atoms with Gasteiger partial charge < -0.3 is 15.0 Å². The Labute approximate surface area is 111 Å². The Kier molecular flexibility index (Phi) is 2.98. The van der Waals surface area contributed by atoms with Crippen LogP contribution in [0.1, 0.15) is 17.2 Å². The number of methoxy groups -OCH3 is 1. The molecule has 5 nitrogen and oxygen atoms in total. The van der Waals surface area contributed by atoms with Crippen molar-refractivity contribution in [2.75, 3.05) is 20.2 Å². The first-order chi connectivity index (χ1) is 9.22. The van der Waals surface area contributed by atoms with Crippen LogP contribution in [-0.4, -0.2) is 43.0 Å². The highest BCUT2D eigenvalue weighted by Gasteiger charge is 2.42. The molecule has 1 fully saturated rings. The summed E-state index contributed by atoms with van der Waals surface area (Å²) in [6.07, 6.45) is 0.533. The van der Waals surface area contributed by atoms with Crippen molar-refractivity contribution >= 4 is 11.9 Å². The normalized spacial score (nSPS) is 25.5. The predicted octanol–water partition coefficient (Wildman–Crippen LogP) is 0.257. The smallest absolute Gasteiger partial charge is 0.328 e. The minimum absolute atomic E-state index is 0.0406. The lowest BCUT2D eigenvalue weighted by atomic mass is 9.87. The fourth-order valence-corrected chi connectivity index (χ4v) is 3.01. The Hall–Kier alpha value is -1.88. The summed E-state index contributed by atoms with van der Waals surface area (Å²) >= 11 is 0. The third-order valence-corrected chi connectivity index (χ3v) is 3.87. The first kappa shape index (κ1) is 12.2. The van der Waals surface area contributed by atoms with Gasteiger partial charge in [-0.05, 0) is 11.1 Å². The predicted molar refractivity (Wildman–Crippen MR) is 68.4 cm³/mol. The second-order valence-electron chi connectivity index (χ2n) is 4.89. The Morgan fingerprint density at radius 3 is 3.00 bits per heavy atom. The number of benzene rings is 1. The Bertz CT molecular complexity index is 529. The molecule has 0 bridgehead atoms. The van der Waals surface area contributed by atoms with Crippen molar-refractivity contribution in [3.63, 3.8) is 0 Å². The number of fused-ring (bicyclic) bond motifs is 3. The quantitative estimate of drug-likeness (QED) is 0.736. The van der Waals surface area contributed by atoms with E-state index in [0.717, 1.165) is 11.1 Å². The number of piperazine rings is 1. The van der Waals surface area contributed by atoms with E-state index in [-0.39, 0.29) is 24.5 Å². The molecule has 1 saturated heterocycles. The van der Waals surface area contributed by atoms with Crippen LogP contribution < -0.4 is 5.32 Å². The number of esters is 1. The van der Waals surface area contributed by atoms with Crippen molar-refractivity contribution in [2.24, 2.45) is 0 Å². The van der Waals surface area contributed by atoms with Crippen LogP contribution in [0.3, 0.4) is 0 Å². The molecule has 1 aromatic rings. The van der Waals surface area contributed by atoms with Crippen LogP contribution in [0.4, 0.5) is 0 Å². The topological polar surface area (TPSA) is 58.6 Å². The zero-order valence-corrected chi connectivity index (χ0v) is 10.8. The summed E-state index contributed by atoms with van der Waals surface area (Å²) in [4.78, 5) is 25.8. The Morgan fingerprint density at radius 1 is 1.42 bits per heavy atom. The van der Waals surface area contributed by atoms with Crippen molar-refractivity contribution in [1.82, 2.24) is 10.2 Å². The van der Waals surface area contributed by atoms with Gasteiger partial charge in [-0.2, -0.15) is 0 Å². The highest BCUT2D eigenvalue weighted by molar-refractivity contribution is 5.87. The van der Waals surface area contributed by atoms with Crippen LogP contribution in [0.15, 0.2) is 24.3 Å². The molecule has 0 aromatic heterocycles. The van der Waals surface area contributed by atoms with Crippen molar-refractivity contribution in [2.45, 2.75) is 18.5 Å². The second kappa shape index (κ2) is 4.66. The van der Waals surface area contributed by atoms with E-state index in [2.05, 4.69) is 5.32 Å². The molecule has 2 aliphatic heterocycles. The average molecular weight is 260 g/mol. The van der Waals surface area contributed by atoms with E-state index in [1.807, 2.05) is 24.3 Å². The third kappa shape index (κ3) is 1.90. The minimum atomic E-state index is -0.500. The van der Waals surface area contributed by atoms with Crippen molar-refractivity contribution in [3.05, 3.63) is 35.4 Å². The molecule has 0 spiro atoms. The number of carbonyl (C=O) groups excluding carboxylic acids is 2. The van der Waals surface area contributed by atoms with E-state index in [4.69, 9.17) is 4.74 Å². The van der Waals surface area contributed by atoms with E-state index >= 15 is 0 Å². The number of hydrogen-bond donors (Lipinski definition) is 1. The summed E-state index contributed by atoms with van der Waals surface area (Å²) in [5, 5.41) is 3.11. The molecule has 2 atom stereocenters. The SMILES string of the molecule is COC(=O)[C@H]1Cc2ccccc2[C@H]2CNCC(=O)N12. The van der Waals surface area contributed by atoms with E-state index in [1.165, 1.54) is 7.11 Å². The van der Waals surface area contributed by atoms with Gasteiger partial charge in [-0.15, -0.1) is 0 Å². The van der Waals surface area contributed by atoms with Gasteiger partial charge in [0.15, 0.2) is 0 Å². The standard InChI is InChI=1S/C14H16N2O3/c1-19-14(18)11-6-9-4-2-3-5-10(9)12-7-15-8-13(17)16(11)12/h2-5,11-12,15H,6-8H2,1H3/t11-,12-/m1/s1. The molecule has 1 amide bonds. The van der Waals surface area contributed by atoms with Crippen LogP contribution in [0.5, 0.6) is 0 Å². The summed E-state index contributed by atoms with van der Waals surface area (Å²) in [5.74, 6) is -0.379. The number of hydrogen-bond acceptors (Lipinski definition) is 4. The molecule has 2 aliphatic rings. The molecule has 0 radical (unpaired) electrons. The average Bonchev–Trinajstić information content (AvgIpc) is 2.46. The number of nitrogens with one attached hydrogen (secondary N) is 1. The van der Waals surface area contributed by atoms with Crippen LogP contribution in [0.25, 0.3) is 0 Å². The highest BCUT2D eigenvalue weighted by atomic mass is 16.5. The number of carbonyl (C=O) groups is 2. The maximum absolute atomic E-state index is 12.1. The fraction of sp³-hybridized carbons (Fsp3) is 0.429. The lowest BCUT2D eigenvalue weighted by Crippen LogP contribution is -2.59. The van der Waals surface area contributed by atoms with Crippen LogP contribution in [-0.2, 0) is 20.7 Å². The molecule has 19 heavy (non-hydrogen) atoms. The van der Waals surface area contributed by atoms with Gasteiger partial charge >= 0.3 is 5.97 Å². The molecule has 0 aliphatic carbocycles. The molecule has 0 saturated carbocycles. The van der Waals surface area contributed by atoms with Gasteiger partial charge in [0.1, 0.15) is 6.04 Å². The van der Waals surface area contributed by atoms with Gasteiger partial charge in [-0.25, -0.2) is 4.79 Å². The summed E-state index contributed by atoms with van der Waals surface area (Å²) in [6.45, 7) is 0.961. The van der Waals surface area contributed by atoms with E-state index in [0.29, 0.717) is 13.0 Å². The zero-order chi connectivity index (χ0) is 13.4. The van der Waals surface area contributed by atoms with Gasteiger partial charge in [-0.3, -0.25) is 4.79 Å². The molecule has 1 N–H and O–H groups in total. The first-order valence-corrected chi connectivity index (χ1v) is 6.40. The summed E-state index contributed by atoms with van der Waals surface area (Å²) in [6, 6.07) is 7.40. The summed E-state index contributed by atoms with van der Waals surface area (Å²) in [5.41, 5.74) is 2.25. The number of nitrogens with zero attached hydrogens (tertiary/aromatic N) is 1. The monoisotopic (exact) mass is 260 g/mol. The number of rotatable bonds is 1. The Balaban J connectivity index is 2.05. The molecule has 1 aromatic carbocycles. The largest absolute Gasteiger partial charge is 0.467 e. The van der Waals surface area contributed by atoms with Gasteiger partial charge in [0, 0.05) is 13.0 Å². The fourth-order valence-electron chi connectivity index (χ4n) is 3.01. The van der Waals surface area contributed by atoms with Gasteiger partial charge in [0.2, 0.25) is 5.91 Å². The first-order valence-electron chi connectivity index (χ1n) is 6.40. The zero-order valence-electron chi connectivity index (χ0n) is 10.8. The van der Waals surface area contributed by atoms with E-state index < -0.39 is 6.04 Å². The van der Waals surface area contributed by atoms with Crippen LogP contribution >= 0.6 is 0 Å². The molecule has 3 rings (SSSR count). The highest BCUT2D eigenvalue weighted by Crippen LogP contribution is 2.34. The summed E-state index contributed by atoms with van der Waals surface area (Å²) in [7, 11) is 1.37. The Morgan fingerprint density at radius 2 is 2.21 bits per heavy atom. The van der Waals surface area contributed by atoms with Crippen molar-refractivity contribution in [1.29, 1.82) is 0 Å². The minimum Gasteiger partial charge on any atom is -0.467 e. The van der Waals surface area contributed by atoms with Crippen LogP contribution in [0.2, 0.25) is 0 Å². The molecule has 5 heteroatoms. The molecule has 100 valence electrons. The second-order valence-corrected chi connectivity index (χ2v) is 4.89. The number of amides is 1. The maximum Gasteiger partial charge on any atom is 0.328 e. The van der Waals surface area contributed by atoms with Crippen LogP contribution in [0, 0.1) is 0 Å². The van der Waals surface area contributed by atoms with Gasteiger partial charge in [0.05, 0.1) is 19.7 Å². The molecular formula is C14H16N2O3.